The molecule has 1 atom stereocenters. The number of aromatic nitrogens is 1. The van der Waals surface area contributed by atoms with Gasteiger partial charge < -0.3 is 15.2 Å². The molecule has 2 N–H and O–H groups in total. The first kappa shape index (κ1) is 16.2. The Kier molecular flexibility index (Phi) is 5.33. The highest BCUT2D eigenvalue weighted by molar-refractivity contribution is 6.06. The number of hydrogen-bond donors (Lipinski definition) is 2. The third-order valence-corrected chi connectivity index (χ3v) is 3.62. The van der Waals surface area contributed by atoms with Gasteiger partial charge in [0, 0.05) is 17.6 Å². The summed E-state index contributed by atoms with van der Waals surface area (Å²) in [6.07, 6.45) is 0.856. The SMILES string of the molecule is CCC(O)CCNC(=O)c1cc(C)nc2ccc(OC)cc12. The average molecular weight is 302 g/mol. The van der Waals surface area contributed by atoms with Crippen molar-refractivity contribution in [1.82, 2.24) is 10.3 Å². The molecule has 0 radical (unpaired) electrons. The highest BCUT2D eigenvalue weighted by atomic mass is 16.5. The molecule has 0 saturated carbocycles. The van der Waals surface area contributed by atoms with Crippen molar-refractivity contribution >= 4 is 16.8 Å². The molecule has 5 heteroatoms. The fourth-order valence-electron chi connectivity index (χ4n) is 2.30. The van der Waals surface area contributed by atoms with Crippen molar-refractivity contribution in [2.45, 2.75) is 32.8 Å². The summed E-state index contributed by atoms with van der Waals surface area (Å²) < 4.78 is 5.22. The number of aliphatic hydroxyl groups excluding tert-OH is 1. The normalized spacial score (nSPS) is 12.2. The molecule has 1 unspecified atom stereocenters. The number of aliphatic hydroxyl groups is 1. The van der Waals surface area contributed by atoms with Crippen LogP contribution < -0.4 is 10.1 Å². The van der Waals surface area contributed by atoms with Crippen LogP contribution in [-0.2, 0) is 0 Å². The van der Waals surface area contributed by atoms with Gasteiger partial charge in [0.05, 0.1) is 24.3 Å². The summed E-state index contributed by atoms with van der Waals surface area (Å²) in [6.45, 7) is 4.22. The molecule has 2 aromatic rings. The Balaban J connectivity index is 2.26. The van der Waals surface area contributed by atoms with Crippen molar-refractivity contribution in [2.24, 2.45) is 0 Å². The van der Waals surface area contributed by atoms with Crippen LogP contribution in [-0.4, -0.2) is 35.8 Å². The van der Waals surface area contributed by atoms with Gasteiger partial charge in [0.25, 0.3) is 5.91 Å². The summed E-state index contributed by atoms with van der Waals surface area (Å²) in [5.74, 6) is 0.528. The van der Waals surface area contributed by atoms with E-state index in [1.807, 2.05) is 32.0 Å². The number of aryl methyl sites for hydroxylation is 1. The topological polar surface area (TPSA) is 71.5 Å². The van der Waals surface area contributed by atoms with Crippen molar-refractivity contribution < 1.29 is 14.6 Å². The van der Waals surface area contributed by atoms with Crippen LogP contribution in [0.1, 0.15) is 35.8 Å². The van der Waals surface area contributed by atoms with Crippen LogP contribution in [0.15, 0.2) is 24.3 Å². The van der Waals surface area contributed by atoms with Gasteiger partial charge in [0.2, 0.25) is 0 Å². The van der Waals surface area contributed by atoms with Crippen LogP contribution in [0.25, 0.3) is 10.9 Å². The largest absolute Gasteiger partial charge is 0.497 e. The molecular weight excluding hydrogens is 280 g/mol. The molecule has 1 heterocycles. The maximum absolute atomic E-state index is 12.4. The molecule has 1 aromatic heterocycles. The van der Waals surface area contributed by atoms with Crippen molar-refractivity contribution in [1.29, 1.82) is 0 Å². The quantitative estimate of drug-likeness (QED) is 0.860. The minimum absolute atomic E-state index is 0.160. The Bertz CT molecular complexity index is 670. The fourth-order valence-corrected chi connectivity index (χ4v) is 2.30. The average Bonchev–Trinajstić information content (AvgIpc) is 2.53. The molecule has 118 valence electrons. The summed E-state index contributed by atoms with van der Waals surface area (Å²) in [7, 11) is 1.59. The van der Waals surface area contributed by atoms with Crippen molar-refractivity contribution in [3.05, 3.63) is 35.5 Å². The summed E-state index contributed by atoms with van der Waals surface area (Å²) in [6, 6.07) is 7.26. The number of nitrogens with zero attached hydrogens (tertiary/aromatic N) is 1. The second-order valence-electron chi connectivity index (χ2n) is 5.30. The first-order valence-electron chi connectivity index (χ1n) is 7.46. The zero-order valence-electron chi connectivity index (χ0n) is 13.2. The zero-order valence-corrected chi connectivity index (χ0v) is 13.2. The van der Waals surface area contributed by atoms with Crippen molar-refractivity contribution in [3.63, 3.8) is 0 Å². The van der Waals surface area contributed by atoms with Crippen molar-refractivity contribution in [2.75, 3.05) is 13.7 Å². The molecular formula is C17H22N2O3. The van der Waals surface area contributed by atoms with Crippen LogP contribution in [0.2, 0.25) is 0 Å². The fraction of sp³-hybridized carbons (Fsp3) is 0.412. The standard InChI is InChI=1S/C17H22N2O3/c1-4-12(20)7-8-18-17(21)15-9-11(2)19-16-6-5-13(22-3)10-14(15)16/h5-6,9-10,12,20H,4,7-8H2,1-3H3,(H,18,21). The minimum atomic E-state index is -0.378. The number of methoxy groups -OCH3 is 1. The number of pyridine rings is 1. The number of nitrogens with one attached hydrogen (secondary N) is 1. The van der Waals surface area contributed by atoms with Crippen LogP contribution >= 0.6 is 0 Å². The molecule has 2 rings (SSSR count). The number of benzene rings is 1. The van der Waals surface area contributed by atoms with E-state index in [4.69, 9.17) is 4.74 Å². The molecule has 0 aliphatic rings. The Morgan fingerprint density at radius 3 is 2.86 bits per heavy atom. The highest BCUT2D eigenvalue weighted by Gasteiger charge is 2.13. The van der Waals surface area contributed by atoms with E-state index >= 15 is 0 Å². The molecule has 0 aliphatic carbocycles. The van der Waals surface area contributed by atoms with Gasteiger partial charge in [-0.25, -0.2) is 0 Å². The third kappa shape index (κ3) is 3.74. The Labute approximate surface area is 130 Å². The molecule has 1 amide bonds. The Hall–Kier alpha value is -2.14. The van der Waals surface area contributed by atoms with E-state index in [9.17, 15) is 9.90 Å². The van der Waals surface area contributed by atoms with Gasteiger partial charge in [0.15, 0.2) is 0 Å². The first-order valence-corrected chi connectivity index (χ1v) is 7.46. The molecule has 5 nitrogen and oxygen atoms in total. The molecule has 0 fully saturated rings. The van der Waals surface area contributed by atoms with E-state index in [0.717, 1.165) is 16.6 Å². The Morgan fingerprint density at radius 2 is 2.18 bits per heavy atom. The summed E-state index contributed by atoms with van der Waals surface area (Å²) in [5, 5.41) is 13.2. The monoisotopic (exact) mass is 302 g/mol. The maximum atomic E-state index is 12.4. The number of fused-ring (bicyclic) bond motifs is 1. The summed E-state index contributed by atoms with van der Waals surface area (Å²) in [4.78, 5) is 16.9. The number of carbonyl (C=O) groups excluding carboxylic acids is 1. The van der Waals surface area contributed by atoms with E-state index in [1.54, 1.807) is 13.2 Å². The summed E-state index contributed by atoms with van der Waals surface area (Å²) in [5.41, 5.74) is 2.13. The molecule has 0 spiro atoms. The second-order valence-corrected chi connectivity index (χ2v) is 5.30. The smallest absolute Gasteiger partial charge is 0.252 e. The van der Waals surface area contributed by atoms with Gasteiger partial charge in [-0.05, 0) is 44.0 Å². The van der Waals surface area contributed by atoms with Gasteiger partial charge in [-0.1, -0.05) is 6.92 Å². The first-order chi connectivity index (χ1) is 10.5. The predicted molar refractivity (Wildman–Crippen MR) is 86.3 cm³/mol. The highest BCUT2D eigenvalue weighted by Crippen LogP contribution is 2.23. The maximum Gasteiger partial charge on any atom is 0.252 e. The lowest BCUT2D eigenvalue weighted by Gasteiger charge is -2.11. The van der Waals surface area contributed by atoms with Gasteiger partial charge >= 0.3 is 0 Å². The number of ether oxygens (including phenoxy) is 1. The lowest BCUT2D eigenvalue weighted by molar-refractivity contribution is 0.0943. The van der Waals surface area contributed by atoms with E-state index in [0.29, 0.717) is 30.7 Å². The van der Waals surface area contributed by atoms with Crippen molar-refractivity contribution in [3.8, 4) is 5.75 Å². The van der Waals surface area contributed by atoms with Crippen LogP contribution in [0.4, 0.5) is 0 Å². The number of rotatable bonds is 6. The number of hydrogen-bond acceptors (Lipinski definition) is 4. The van der Waals surface area contributed by atoms with E-state index in [-0.39, 0.29) is 12.0 Å². The molecule has 22 heavy (non-hydrogen) atoms. The van der Waals surface area contributed by atoms with Gasteiger partial charge in [-0.15, -0.1) is 0 Å². The molecule has 0 aliphatic heterocycles. The van der Waals surface area contributed by atoms with E-state index in [1.165, 1.54) is 0 Å². The zero-order chi connectivity index (χ0) is 16.1. The predicted octanol–water partition coefficient (Wildman–Crippen LogP) is 2.44. The molecule has 0 saturated heterocycles. The molecule has 0 bridgehead atoms. The second kappa shape index (κ2) is 7.22. The van der Waals surface area contributed by atoms with Gasteiger partial charge in [-0.2, -0.15) is 0 Å². The van der Waals surface area contributed by atoms with Gasteiger partial charge in [0.1, 0.15) is 5.75 Å². The number of amides is 1. The lowest BCUT2D eigenvalue weighted by Crippen LogP contribution is -2.27. The third-order valence-electron chi connectivity index (χ3n) is 3.62. The molecule has 1 aromatic carbocycles. The van der Waals surface area contributed by atoms with Crippen LogP contribution in [0, 0.1) is 6.92 Å². The van der Waals surface area contributed by atoms with Gasteiger partial charge in [-0.3, -0.25) is 9.78 Å². The lowest BCUT2D eigenvalue weighted by atomic mass is 10.1. The summed E-state index contributed by atoms with van der Waals surface area (Å²) >= 11 is 0. The van der Waals surface area contributed by atoms with Crippen LogP contribution in [0.5, 0.6) is 5.75 Å². The van der Waals surface area contributed by atoms with E-state index in [2.05, 4.69) is 10.3 Å². The number of carbonyl (C=O) groups is 1. The minimum Gasteiger partial charge on any atom is -0.497 e. The van der Waals surface area contributed by atoms with Crippen LogP contribution in [0.3, 0.4) is 0 Å². The van der Waals surface area contributed by atoms with E-state index < -0.39 is 0 Å². The Morgan fingerprint density at radius 1 is 1.41 bits per heavy atom.